The molecule has 3 aromatic carbocycles. The smallest absolute Gasteiger partial charge is 0.319 e. The van der Waals surface area contributed by atoms with Gasteiger partial charge in [0.25, 0.3) is 5.91 Å². The summed E-state index contributed by atoms with van der Waals surface area (Å²) in [4.78, 5) is 27.8. The van der Waals surface area contributed by atoms with Crippen molar-refractivity contribution < 1.29 is 14.3 Å². The Morgan fingerprint density at radius 1 is 0.943 bits per heavy atom. The van der Waals surface area contributed by atoms with Crippen LogP contribution in [0.4, 0.5) is 21.9 Å². The van der Waals surface area contributed by atoms with Crippen LogP contribution in [0.25, 0.3) is 0 Å². The van der Waals surface area contributed by atoms with E-state index in [1.165, 1.54) is 6.42 Å². The molecule has 0 saturated carbocycles. The molecule has 4 rings (SSSR count). The number of nitrogens with zero attached hydrogens (tertiary/aromatic N) is 1. The van der Waals surface area contributed by atoms with E-state index in [1.54, 1.807) is 37.4 Å². The zero-order chi connectivity index (χ0) is 24.6. The maximum Gasteiger partial charge on any atom is 0.319 e. The lowest BCUT2D eigenvalue weighted by Gasteiger charge is -2.31. The topological polar surface area (TPSA) is 82.7 Å². The quantitative estimate of drug-likeness (QED) is 0.382. The van der Waals surface area contributed by atoms with Crippen LogP contribution in [0, 0.1) is 0 Å². The van der Waals surface area contributed by atoms with Crippen LogP contribution in [-0.4, -0.2) is 32.1 Å². The molecule has 1 fully saturated rings. The Balaban J connectivity index is 1.51. The fraction of sp³-hybridized carbons (Fsp3) is 0.259. The van der Waals surface area contributed by atoms with Crippen molar-refractivity contribution in [2.24, 2.45) is 0 Å². The molecule has 8 heteroatoms. The fourth-order valence-electron chi connectivity index (χ4n) is 4.10. The van der Waals surface area contributed by atoms with Crippen molar-refractivity contribution in [1.29, 1.82) is 0 Å². The number of ether oxygens (including phenoxy) is 1. The van der Waals surface area contributed by atoms with Crippen LogP contribution >= 0.6 is 11.6 Å². The van der Waals surface area contributed by atoms with E-state index < -0.39 is 0 Å². The number of hydrogen-bond acceptors (Lipinski definition) is 4. The minimum Gasteiger partial charge on any atom is -0.497 e. The van der Waals surface area contributed by atoms with E-state index in [9.17, 15) is 9.59 Å². The molecule has 1 aliphatic heterocycles. The van der Waals surface area contributed by atoms with Gasteiger partial charge in [-0.1, -0.05) is 35.9 Å². The minimum absolute atomic E-state index is 0.310. The molecular formula is C27H29ClN4O3. The van der Waals surface area contributed by atoms with Crippen molar-refractivity contribution in [3.8, 4) is 5.75 Å². The van der Waals surface area contributed by atoms with Crippen LogP contribution in [0.2, 0.25) is 5.02 Å². The van der Waals surface area contributed by atoms with E-state index in [1.807, 2.05) is 36.4 Å². The molecule has 0 radical (unpaired) electrons. The number of methoxy groups -OCH3 is 1. The van der Waals surface area contributed by atoms with E-state index >= 15 is 0 Å². The number of piperidine rings is 1. The van der Waals surface area contributed by atoms with Crippen molar-refractivity contribution in [2.45, 2.75) is 25.8 Å². The summed E-state index contributed by atoms with van der Waals surface area (Å²) in [6.07, 6.45) is 3.41. The van der Waals surface area contributed by atoms with Crippen LogP contribution in [-0.2, 0) is 6.54 Å². The fourth-order valence-corrected chi connectivity index (χ4v) is 4.32. The zero-order valence-electron chi connectivity index (χ0n) is 19.6. The molecule has 3 aromatic rings. The second kappa shape index (κ2) is 11.6. The van der Waals surface area contributed by atoms with Gasteiger partial charge in [0.05, 0.1) is 29.1 Å². The number of carbonyl (C=O) groups excluding carboxylic acids is 2. The van der Waals surface area contributed by atoms with Gasteiger partial charge >= 0.3 is 6.03 Å². The first kappa shape index (κ1) is 24.4. The van der Waals surface area contributed by atoms with Crippen LogP contribution in [0.5, 0.6) is 5.75 Å². The largest absolute Gasteiger partial charge is 0.497 e. The molecule has 1 heterocycles. The third-order valence-corrected chi connectivity index (χ3v) is 6.23. The highest BCUT2D eigenvalue weighted by Crippen LogP contribution is 2.32. The van der Waals surface area contributed by atoms with Gasteiger partial charge < -0.3 is 25.6 Å². The van der Waals surface area contributed by atoms with Crippen LogP contribution in [0.1, 0.15) is 35.2 Å². The average Bonchev–Trinajstić information content (AvgIpc) is 2.88. The van der Waals surface area contributed by atoms with Gasteiger partial charge in [-0.25, -0.2) is 4.79 Å². The van der Waals surface area contributed by atoms with Gasteiger partial charge in [0.15, 0.2) is 0 Å². The molecule has 0 atom stereocenters. The van der Waals surface area contributed by atoms with Gasteiger partial charge in [0.2, 0.25) is 0 Å². The molecule has 3 N–H and O–H groups in total. The molecular weight excluding hydrogens is 464 g/mol. The van der Waals surface area contributed by atoms with E-state index in [0.717, 1.165) is 42.9 Å². The van der Waals surface area contributed by atoms with Crippen molar-refractivity contribution in [1.82, 2.24) is 5.32 Å². The molecule has 0 bridgehead atoms. The Labute approximate surface area is 210 Å². The molecule has 0 aromatic heterocycles. The van der Waals surface area contributed by atoms with E-state index in [4.69, 9.17) is 16.3 Å². The monoisotopic (exact) mass is 492 g/mol. The second-order valence-electron chi connectivity index (χ2n) is 8.37. The zero-order valence-corrected chi connectivity index (χ0v) is 20.4. The first-order valence-electron chi connectivity index (χ1n) is 11.7. The molecule has 1 saturated heterocycles. The molecule has 3 amide bonds. The SMILES string of the molecule is COc1cccc(CNC(=O)Nc2cc(NC(=O)c3ccccc3Cl)ccc2N2CCCCC2)c1. The number of hydrogen-bond donors (Lipinski definition) is 3. The molecule has 0 aliphatic carbocycles. The highest BCUT2D eigenvalue weighted by molar-refractivity contribution is 6.34. The lowest BCUT2D eigenvalue weighted by Crippen LogP contribution is -2.32. The van der Waals surface area contributed by atoms with Crippen molar-refractivity contribution in [2.75, 3.05) is 35.7 Å². The average molecular weight is 493 g/mol. The van der Waals surface area contributed by atoms with E-state index in [0.29, 0.717) is 28.5 Å². The van der Waals surface area contributed by atoms with Crippen LogP contribution in [0.3, 0.4) is 0 Å². The Morgan fingerprint density at radius 3 is 2.51 bits per heavy atom. The predicted octanol–water partition coefficient (Wildman–Crippen LogP) is 5.91. The van der Waals surface area contributed by atoms with Gasteiger partial charge in [-0.05, 0) is 67.3 Å². The van der Waals surface area contributed by atoms with Gasteiger partial charge in [-0.15, -0.1) is 0 Å². The Bertz CT molecular complexity index is 1190. The number of nitrogens with one attached hydrogen (secondary N) is 3. The van der Waals surface area contributed by atoms with Gasteiger partial charge in [-0.3, -0.25) is 4.79 Å². The number of benzene rings is 3. The highest BCUT2D eigenvalue weighted by atomic mass is 35.5. The molecule has 182 valence electrons. The first-order valence-corrected chi connectivity index (χ1v) is 12.0. The second-order valence-corrected chi connectivity index (χ2v) is 8.78. The summed E-state index contributed by atoms with van der Waals surface area (Å²) < 4.78 is 5.25. The summed E-state index contributed by atoms with van der Waals surface area (Å²) >= 11 is 6.18. The first-order chi connectivity index (χ1) is 17.0. The van der Waals surface area contributed by atoms with Gasteiger partial charge in [0, 0.05) is 25.3 Å². The lowest BCUT2D eigenvalue weighted by atomic mass is 10.1. The van der Waals surface area contributed by atoms with Crippen LogP contribution in [0.15, 0.2) is 66.7 Å². The summed E-state index contributed by atoms with van der Waals surface area (Å²) in [5, 5.41) is 9.13. The van der Waals surface area contributed by atoms with Gasteiger partial charge in [0.1, 0.15) is 5.75 Å². The maximum absolute atomic E-state index is 12.8. The molecule has 0 unspecified atom stereocenters. The van der Waals surface area contributed by atoms with E-state index in [-0.39, 0.29) is 11.9 Å². The Kier molecular flexibility index (Phi) is 8.11. The van der Waals surface area contributed by atoms with Crippen molar-refractivity contribution >= 4 is 40.6 Å². The maximum atomic E-state index is 12.8. The number of carbonyl (C=O) groups is 2. The van der Waals surface area contributed by atoms with E-state index in [2.05, 4.69) is 20.9 Å². The number of amides is 3. The molecule has 7 nitrogen and oxygen atoms in total. The summed E-state index contributed by atoms with van der Waals surface area (Å²) in [6.45, 7) is 2.20. The standard InChI is InChI=1S/C27H29ClN4O3/c1-35-21-9-7-8-19(16-21)18-29-27(34)31-24-17-20(12-13-25(24)32-14-5-2-6-15-32)30-26(33)22-10-3-4-11-23(22)28/h3-4,7-13,16-17H,2,5-6,14-15,18H2,1H3,(H,30,33)(H2,29,31,34). The van der Waals surface area contributed by atoms with Gasteiger partial charge in [-0.2, -0.15) is 0 Å². The summed E-state index contributed by atoms with van der Waals surface area (Å²) in [5.74, 6) is 0.425. The third kappa shape index (κ3) is 6.45. The molecule has 1 aliphatic rings. The highest BCUT2D eigenvalue weighted by Gasteiger charge is 2.18. The molecule has 35 heavy (non-hydrogen) atoms. The number of rotatable bonds is 7. The third-order valence-electron chi connectivity index (χ3n) is 5.91. The van der Waals surface area contributed by atoms with Crippen molar-refractivity contribution in [3.63, 3.8) is 0 Å². The van der Waals surface area contributed by atoms with Crippen molar-refractivity contribution in [3.05, 3.63) is 82.9 Å². The van der Waals surface area contributed by atoms with Crippen LogP contribution < -0.4 is 25.6 Å². The minimum atomic E-state index is -0.333. The lowest BCUT2D eigenvalue weighted by molar-refractivity contribution is 0.102. The molecule has 0 spiro atoms. The summed E-state index contributed by atoms with van der Waals surface area (Å²) in [6, 6.07) is 19.7. The Hall–Kier alpha value is -3.71. The number of anilines is 3. The summed E-state index contributed by atoms with van der Waals surface area (Å²) in [7, 11) is 1.61. The number of urea groups is 1. The summed E-state index contributed by atoms with van der Waals surface area (Å²) in [5.41, 5.74) is 3.44. The Morgan fingerprint density at radius 2 is 1.74 bits per heavy atom. The number of halogens is 1. The normalized spacial score (nSPS) is 13.1. The predicted molar refractivity (Wildman–Crippen MR) is 141 cm³/mol.